The molecule has 1 aliphatic carbocycles. The summed E-state index contributed by atoms with van der Waals surface area (Å²) < 4.78 is 38.9. The fourth-order valence-corrected chi connectivity index (χ4v) is 5.47. The quantitative estimate of drug-likeness (QED) is 0.880. The first-order valence-electron chi connectivity index (χ1n) is 7.14. The Morgan fingerprint density at radius 2 is 1.72 bits per heavy atom. The van der Waals surface area contributed by atoms with Gasteiger partial charge in [0.15, 0.2) is 15.3 Å². The van der Waals surface area contributed by atoms with Crippen molar-refractivity contribution in [3.05, 3.63) is 64.9 Å². The van der Waals surface area contributed by atoms with Gasteiger partial charge in [-0.1, -0.05) is 23.7 Å². The van der Waals surface area contributed by atoms with Crippen LogP contribution in [0.1, 0.15) is 11.5 Å². The highest BCUT2D eigenvalue weighted by Crippen LogP contribution is 2.64. The standard InChI is InChI=1S/C17H11ClFNO4S/c18-11-3-7-13(8-4-11)25(23,24)15-14(17(15,9-20)16(21)22)10-1-5-12(19)6-2-10/h1-8,14-15H,(H,21,22)/t14-,15-,17-/m0/s1. The first kappa shape index (κ1) is 17.4. The van der Waals surface area contributed by atoms with Crippen molar-refractivity contribution in [3.8, 4) is 6.07 Å². The van der Waals surface area contributed by atoms with Crippen LogP contribution in [0.4, 0.5) is 4.39 Å². The Kier molecular flexibility index (Phi) is 4.06. The van der Waals surface area contributed by atoms with Gasteiger partial charge < -0.3 is 5.11 Å². The van der Waals surface area contributed by atoms with Crippen LogP contribution >= 0.6 is 11.6 Å². The molecular weight excluding hydrogens is 369 g/mol. The van der Waals surface area contributed by atoms with E-state index in [2.05, 4.69) is 0 Å². The summed E-state index contributed by atoms with van der Waals surface area (Å²) in [5.41, 5.74) is -1.83. The molecule has 0 spiro atoms. The predicted molar refractivity (Wildman–Crippen MR) is 87.2 cm³/mol. The Hall–Kier alpha value is -2.43. The van der Waals surface area contributed by atoms with E-state index in [1.54, 1.807) is 6.07 Å². The van der Waals surface area contributed by atoms with Gasteiger partial charge in [0.1, 0.15) is 11.1 Å². The van der Waals surface area contributed by atoms with E-state index in [1.165, 1.54) is 36.4 Å². The number of carbonyl (C=O) groups is 1. The molecule has 2 aromatic carbocycles. The molecule has 25 heavy (non-hydrogen) atoms. The second-order valence-corrected chi connectivity index (χ2v) is 8.24. The summed E-state index contributed by atoms with van der Waals surface area (Å²) in [6.07, 6.45) is 0. The smallest absolute Gasteiger partial charge is 0.326 e. The molecule has 1 saturated carbocycles. The molecule has 1 fully saturated rings. The van der Waals surface area contributed by atoms with Gasteiger partial charge in [-0.15, -0.1) is 0 Å². The fourth-order valence-electron chi connectivity index (χ4n) is 3.09. The fraction of sp³-hybridized carbons (Fsp3) is 0.176. The predicted octanol–water partition coefficient (Wildman–Crippen LogP) is 3.01. The molecule has 0 unspecified atom stereocenters. The molecule has 3 rings (SSSR count). The van der Waals surface area contributed by atoms with Crippen LogP contribution in [-0.2, 0) is 14.6 Å². The molecule has 0 aliphatic heterocycles. The molecule has 1 aliphatic rings. The number of halogens is 2. The number of aliphatic carboxylic acids is 1. The highest BCUT2D eigenvalue weighted by Gasteiger charge is 2.77. The van der Waals surface area contributed by atoms with Gasteiger partial charge in [0.2, 0.25) is 0 Å². The summed E-state index contributed by atoms with van der Waals surface area (Å²) in [6.45, 7) is 0. The highest BCUT2D eigenvalue weighted by molar-refractivity contribution is 7.92. The lowest BCUT2D eigenvalue weighted by Gasteiger charge is -2.05. The van der Waals surface area contributed by atoms with Crippen LogP contribution in [0.25, 0.3) is 0 Å². The number of rotatable bonds is 4. The largest absolute Gasteiger partial charge is 0.480 e. The third-order valence-corrected chi connectivity index (χ3v) is 6.87. The molecule has 2 aromatic rings. The van der Waals surface area contributed by atoms with Crippen molar-refractivity contribution in [1.29, 1.82) is 5.26 Å². The Morgan fingerprint density at radius 1 is 1.16 bits per heavy atom. The average molecular weight is 380 g/mol. The molecule has 5 nitrogen and oxygen atoms in total. The molecule has 8 heteroatoms. The van der Waals surface area contributed by atoms with E-state index in [1.807, 2.05) is 0 Å². The number of hydrogen-bond donors (Lipinski definition) is 1. The van der Waals surface area contributed by atoms with Gasteiger partial charge in [-0.05, 0) is 42.0 Å². The van der Waals surface area contributed by atoms with Gasteiger partial charge in [-0.2, -0.15) is 5.26 Å². The van der Waals surface area contributed by atoms with Gasteiger partial charge in [0.05, 0.1) is 11.0 Å². The van der Waals surface area contributed by atoms with Gasteiger partial charge in [-0.25, -0.2) is 12.8 Å². The third kappa shape index (κ3) is 2.58. The topological polar surface area (TPSA) is 95.2 Å². The first-order chi connectivity index (χ1) is 11.7. The van der Waals surface area contributed by atoms with Gasteiger partial charge >= 0.3 is 5.97 Å². The van der Waals surface area contributed by atoms with Crippen LogP contribution in [0.2, 0.25) is 5.02 Å². The Balaban J connectivity index is 2.12. The van der Waals surface area contributed by atoms with Crippen LogP contribution in [0.5, 0.6) is 0 Å². The minimum Gasteiger partial charge on any atom is -0.480 e. The lowest BCUT2D eigenvalue weighted by atomic mass is 10.0. The van der Waals surface area contributed by atoms with E-state index < -0.39 is 38.2 Å². The minimum absolute atomic E-state index is 0.118. The maximum absolute atomic E-state index is 13.1. The highest BCUT2D eigenvalue weighted by atomic mass is 35.5. The first-order valence-corrected chi connectivity index (χ1v) is 9.07. The van der Waals surface area contributed by atoms with Crippen molar-refractivity contribution >= 4 is 27.4 Å². The molecule has 128 valence electrons. The molecule has 3 atom stereocenters. The molecule has 0 bridgehead atoms. The van der Waals surface area contributed by atoms with Crippen LogP contribution in [0.15, 0.2) is 53.4 Å². The zero-order valence-corrected chi connectivity index (χ0v) is 14.1. The normalized spacial score (nSPS) is 25.2. The van der Waals surface area contributed by atoms with E-state index in [0.29, 0.717) is 5.02 Å². The summed E-state index contributed by atoms with van der Waals surface area (Å²) in [7, 11) is -4.11. The van der Waals surface area contributed by atoms with Gasteiger partial charge in [0.25, 0.3) is 0 Å². The lowest BCUT2D eigenvalue weighted by Crippen LogP contribution is -2.22. The second kappa shape index (κ2) is 5.83. The van der Waals surface area contributed by atoms with Crippen molar-refractivity contribution in [1.82, 2.24) is 0 Å². The summed E-state index contributed by atoms with van der Waals surface area (Å²) in [4.78, 5) is 11.6. The van der Waals surface area contributed by atoms with Crippen LogP contribution in [0.3, 0.4) is 0 Å². The molecule has 1 N–H and O–H groups in total. The summed E-state index contributed by atoms with van der Waals surface area (Å²) in [5, 5.41) is 17.8. The SMILES string of the molecule is N#C[C@]1(C(=O)O)[C@@H](c2ccc(F)cc2)[C@@H]1S(=O)(=O)c1ccc(Cl)cc1. The van der Waals surface area contributed by atoms with E-state index >= 15 is 0 Å². The van der Waals surface area contributed by atoms with Gasteiger partial charge in [-0.3, -0.25) is 4.79 Å². The Morgan fingerprint density at radius 3 is 2.20 bits per heavy atom. The number of hydrogen-bond acceptors (Lipinski definition) is 4. The zero-order valence-electron chi connectivity index (χ0n) is 12.6. The Labute approximate surface area is 148 Å². The van der Waals surface area contributed by atoms with Crippen molar-refractivity contribution in [2.24, 2.45) is 5.41 Å². The minimum atomic E-state index is -4.11. The van der Waals surface area contributed by atoms with E-state index in [9.17, 15) is 28.0 Å². The van der Waals surface area contributed by atoms with E-state index in [-0.39, 0.29) is 10.5 Å². The average Bonchev–Trinajstić information content (AvgIpc) is 3.27. The van der Waals surface area contributed by atoms with Crippen molar-refractivity contribution in [2.75, 3.05) is 0 Å². The maximum atomic E-state index is 13.1. The molecule has 0 amide bonds. The summed E-state index contributed by atoms with van der Waals surface area (Å²) in [6, 6.07) is 11.7. The number of carboxylic acids is 1. The maximum Gasteiger partial charge on any atom is 0.326 e. The van der Waals surface area contributed by atoms with Crippen molar-refractivity contribution in [3.63, 3.8) is 0 Å². The van der Waals surface area contributed by atoms with Crippen LogP contribution in [-0.4, -0.2) is 24.7 Å². The Bertz CT molecular complexity index is 983. The number of nitrogens with zero attached hydrogens (tertiary/aromatic N) is 1. The van der Waals surface area contributed by atoms with Crippen molar-refractivity contribution < 1.29 is 22.7 Å². The van der Waals surface area contributed by atoms with Crippen LogP contribution < -0.4 is 0 Å². The third-order valence-electron chi connectivity index (χ3n) is 4.38. The summed E-state index contributed by atoms with van der Waals surface area (Å²) in [5.74, 6) is -3.15. The molecule has 0 aromatic heterocycles. The number of carboxylic acid groups (broad SMARTS) is 1. The lowest BCUT2D eigenvalue weighted by molar-refractivity contribution is -0.141. The van der Waals surface area contributed by atoms with Crippen LogP contribution in [0, 0.1) is 22.6 Å². The molecule has 0 saturated heterocycles. The molecular formula is C17H11ClFNO4S. The van der Waals surface area contributed by atoms with E-state index in [0.717, 1.165) is 12.1 Å². The second-order valence-electron chi connectivity index (χ2n) is 5.73. The van der Waals surface area contributed by atoms with Crippen molar-refractivity contribution in [2.45, 2.75) is 16.1 Å². The summed E-state index contributed by atoms with van der Waals surface area (Å²) >= 11 is 5.75. The number of sulfone groups is 1. The van der Waals surface area contributed by atoms with E-state index in [4.69, 9.17) is 11.6 Å². The zero-order chi connectivity index (χ0) is 18.4. The van der Waals surface area contributed by atoms with Gasteiger partial charge in [0, 0.05) is 10.9 Å². The monoisotopic (exact) mass is 379 g/mol. The molecule has 0 radical (unpaired) electrons. The molecule has 0 heterocycles. The number of nitriles is 1. The number of benzene rings is 2.